The summed E-state index contributed by atoms with van der Waals surface area (Å²) in [5.74, 6) is 1.46. The minimum atomic E-state index is -0.848. The van der Waals surface area contributed by atoms with E-state index < -0.39 is 5.41 Å². The van der Waals surface area contributed by atoms with E-state index in [9.17, 15) is 9.59 Å². The van der Waals surface area contributed by atoms with Gasteiger partial charge in [-0.05, 0) is 33.1 Å². The highest BCUT2D eigenvalue weighted by atomic mass is 35.5. The van der Waals surface area contributed by atoms with Gasteiger partial charge in [0.1, 0.15) is 5.78 Å². The van der Waals surface area contributed by atoms with Crippen LogP contribution in [-0.2, 0) is 9.59 Å². The summed E-state index contributed by atoms with van der Waals surface area (Å²) in [5, 5.41) is 0.0203. The summed E-state index contributed by atoms with van der Waals surface area (Å²) in [6.07, 6.45) is 9.43. The van der Waals surface area contributed by atoms with E-state index in [2.05, 4.69) is 6.92 Å². The maximum absolute atomic E-state index is 12.2. The van der Waals surface area contributed by atoms with E-state index >= 15 is 0 Å². The van der Waals surface area contributed by atoms with E-state index in [0.29, 0.717) is 12.3 Å². The van der Waals surface area contributed by atoms with Crippen molar-refractivity contribution in [2.75, 3.05) is 11.6 Å². The van der Waals surface area contributed by atoms with Gasteiger partial charge in [0, 0.05) is 18.1 Å². The van der Waals surface area contributed by atoms with Gasteiger partial charge in [-0.1, -0.05) is 50.8 Å². The van der Waals surface area contributed by atoms with Crippen molar-refractivity contribution in [3.63, 3.8) is 0 Å². The number of alkyl halides is 1. The highest BCUT2D eigenvalue weighted by Gasteiger charge is 2.34. The molecule has 0 N–H and O–H groups in total. The lowest BCUT2D eigenvalue weighted by Crippen LogP contribution is -2.31. The second-order valence-electron chi connectivity index (χ2n) is 6.10. The van der Waals surface area contributed by atoms with Gasteiger partial charge >= 0.3 is 0 Å². The molecule has 0 fully saturated rings. The number of Topliss-reactive ketones (excluding diaryl/α,β-unsaturated/α-hetero) is 1. The largest absolute Gasteiger partial charge is 0.299 e. The average Bonchev–Trinajstić information content (AvgIpc) is 2.46. The van der Waals surface area contributed by atoms with Crippen LogP contribution in [0.25, 0.3) is 0 Å². The Morgan fingerprint density at radius 1 is 0.952 bits per heavy atom. The summed E-state index contributed by atoms with van der Waals surface area (Å²) in [4.78, 5) is 24.3. The number of thioether (sulfide) groups is 1. The van der Waals surface area contributed by atoms with Crippen molar-refractivity contribution in [3.05, 3.63) is 0 Å². The predicted octanol–water partition coefficient (Wildman–Crippen LogP) is 5.61. The molecule has 4 heteroatoms. The number of carbonyl (C=O) groups excluding carboxylic acids is 2. The molecule has 0 heterocycles. The third-order valence-electron chi connectivity index (χ3n) is 3.73. The van der Waals surface area contributed by atoms with Crippen molar-refractivity contribution in [1.29, 1.82) is 0 Å². The summed E-state index contributed by atoms with van der Waals surface area (Å²) in [6, 6.07) is 0. The highest BCUT2D eigenvalue weighted by Crippen LogP contribution is 2.28. The maximum atomic E-state index is 12.2. The Morgan fingerprint density at radius 2 is 1.57 bits per heavy atom. The van der Waals surface area contributed by atoms with Gasteiger partial charge in [-0.15, -0.1) is 11.6 Å². The molecule has 0 aliphatic carbocycles. The number of carbonyl (C=O) groups is 2. The number of hydrogen-bond acceptors (Lipinski definition) is 3. The summed E-state index contributed by atoms with van der Waals surface area (Å²) in [6.45, 7) is 5.72. The van der Waals surface area contributed by atoms with Gasteiger partial charge in [0.2, 0.25) is 5.12 Å². The monoisotopic (exact) mass is 334 g/mol. The number of unbranched alkanes of at least 4 members (excludes halogenated alkanes) is 6. The number of ketones is 1. The molecule has 21 heavy (non-hydrogen) atoms. The Bertz CT molecular complexity index is 303. The van der Waals surface area contributed by atoms with Crippen LogP contribution < -0.4 is 0 Å². The second-order valence-corrected chi connectivity index (χ2v) is 7.54. The van der Waals surface area contributed by atoms with Gasteiger partial charge in [-0.25, -0.2) is 0 Å². The SMILES string of the molecule is CCCCCCCCSC(=O)C(C)(C)C(=O)CCCCCl. The van der Waals surface area contributed by atoms with Crippen LogP contribution in [0.5, 0.6) is 0 Å². The van der Waals surface area contributed by atoms with E-state index in [1.807, 2.05) is 0 Å². The van der Waals surface area contributed by atoms with E-state index in [1.54, 1.807) is 13.8 Å². The molecule has 124 valence electrons. The first-order valence-corrected chi connectivity index (χ1v) is 9.75. The van der Waals surface area contributed by atoms with Gasteiger partial charge in [0.25, 0.3) is 0 Å². The van der Waals surface area contributed by atoms with Crippen molar-refractivity contribution in [3.8, 4) is 0 Å². The Morgan fingerprint density at radius 3 is 2.19 bits per heavy atom. The lowest BCUT2D eigenvalue weighted by Gasteiger charge is -2.20. The molecule has 0 spiro atoms. The van der Waals surface area contributed by atoms with Crippen LogP contribution in [-0.4, -0.2) is 22.5 Å². The Kier molecular flexibility index (Phi) is 12.5. The molecule has 0 radical (unpaired) electrons. The summed E-state index contributed by atoms with van der Waals surface area (Å²) >= 11 is 6.94. The van der Waals surface area contributed by atoms with Crippen LogP contribution in [0.2, 0.25) is 0 Å². The first-order valence-electron chi connectivity index (χ1n) is 8.23. The van der Waals surface area contributed by atoms with Crippen LogP contribution in [0.3, 0.4) is 0 Å². The molecule has 0 aliphatic rings. The molecule has 0 unspecified atom stereocenters. The van der Waals surface area contributed by atoms with Crippen molar-refractivity contribution in [2.24, 2.45) is 5.41 Å². The molecular weight excluding hydrogens is 304 g/mol. The molecule has 0 rings (SSSR count). The number of rotatable bonds is 13. The van der Waals surface area contributed by atoms with Crippen LogP contribution in [0.4, 0.5) is 0 Å². The van der Waals surface area contributed by atoms with Crippen molar-refractivity contribution < 1.29 is 9.59 Å². The molecule has 0 amide bonds. The quantitative estimate of drug-likeness (QED) is 0.249. The molecule has 0 aliphatic heterocycles. The average molecular weight is 335 g/mol. The predicted molar refractivity (Wildman–Crippen MR) is 94.2 cm³/mol. The van der Waals surface area contributed by atoms with E-state index in [-0.39, 0.29) is 10.9 Å². The molecule has 0 aromatic carbocycles. The smallest absolute Gasteiger partial charge is 0.201 e. The lowest BCUT2D eigenvalue weighted by atomic mass is 9.87. The zero-order chi connectivity index (χ0) is 16.1. The molecule has 0 aromatic rings. The standard InChI is InChI=1S/C17H31ClO2S/c1-4-5-6-7-8-11-14-21-16(20)17(2,3)15(19)12-9-10-13-18/h4-14H2,1-3H3. The van der Waals surface area contributed by atoms with Gasteiger partial charge in [0.15, 0.2) is 0 Å². The van der Waals surface area contributed by atoms with Crippen molar-refractivity contribution in [2.45, 2.75) is 78.6 Å². The minimum absolute atomic E-state index is 0.0203. The third kappa shape index (κ3) is 9.57. The summed E-state index contributed by atoms with van der Waals surface area (Å²) in [5.41, 5.74) is -0.848. The molecule has 0 bridgehead atoms. The Hall–Kier alpha value is -0.0200. The van der Waals surface area contributed by atoms with Crippen LogP contribution in [0.15, 0.2) is 0 Å². The molecular formula is C17H31ClO2S. The van der Waals surface area contributed by atoms with Gasteiger partial charge in [-0.2, -0.15) is 0 Å². The Labute approximate surface area is 139 Å². The first kappa shape index (κ1) is 21.0. The van der Waals surface area contributed by atoms with Crippen LogP contribution in [0, 0.1) is 5.41 Å². The van der Waals surface area contributed by atoms with Crippen LogP contribution >= 0.6 is 23.4 Å². The number of hydrogen-bond donors (Lipinski definition) is 0. The minimum Gasteiger partial charge on any atom is -0.299 e. The maximum Gasteiger partial charge on any atom is 0.201 e. The topological polar surface area (TPSA) is 34.1 Å². The van der Waals surface area contributed by atoms with E-state index in [4.69, 9.17) is 11.6 Å². The number of halogens is 1. The fourth-order valence-electron chi connectivity index (χ4n) is 2.03. The molecule has 0 aromatic heterocycles. The zero-order valence-corrected chi connectivity index (χ0v) is 15.5. The molecule has 0 saturated heterocycles. The van der Waals surface area contributed by atoms with Crippen LogP contribution in [0.1, 0.15) is 78.6 Å². The fourth-order valence-corrected chi connectivity index (χ4v) is 3.23. The zero-order valence-electron chi connectivity index (χ0n) is 13.9. The van der Waals surface area contributed by atoms with E-state index in [0.717, 1.165) is 25.0 Å². The molecule has 2 nitrogen and oxygen atoms in total. The van der Waals surface area contributed by atoms with E-state index in [1.165, 1.54) is 43.9 Å². The third-order valence-corrected chi connectivity index (χ3v) is 5.26. The normalized spacial score (nSPS) is 11.6. The summed E-state index contributed by atoms with van der Waals surface area (Å²) < 4.78 is 0. The lowest BCUT2D eigenvalue weighted by molar-refractivity contribution is -0.134. The fraction of sp³-hybridized carbons (Fsp3) is 0.882. The Balaban J connectivity index is 3.88. The van der Waals surface area contributed by atoms with Crippen molar-refractivity contribution in [1.82, 2.24) is 0 Å². The first-order chi connectivity index (χ1) is 9.96. The van der Waals surface area contributed by atoms with Gasteiger partial charge in [-0.3, -0.25) is 9.59 Å². The van der Waals surface area contributed by atoms with Gasteiger partial charge in [0.05, 0.1) is 5.41 Å². The molecule has 0 atom stereocenters. The molecule has 0 saturated carbocycles. The highest BCUT2D eigenvalue weighted by molar-refractivity contribution is 8.13. The van der Waals surface area contributed by atoms with Gasteiger partial charge < -0.3 is 0 Å². The second kappa shape index (κ2) is 12.5. The summed E-state index contributed by atoms with van der Waals surface area (Å²) in [7, 11) is 0. The van der Waals surface area contributed by atoms with Crippen molar-refractivity contribution >= 4 is 34.3 Å².